The van der Waals surface area contributed by atoms with Crippen LogP contribution in [-0.4, -0.2) is 20.8 Å². The fourth-order valence-electron chi connectivity index (χ4n) is 1.39. The molecule has 0 amide bonds. The fourth-order valence-corrected chi connectivity index (χ4v) is 1.84. The Labute approximate surface area is 82.4 Å². The van der Waals surface area contributed by atoms with Gasteiger partial charge in [0.2, 0.25) is 0 Å². The van der Waals surface area contributed by atoms with Gasteiger partial charge in [-0.15, -0.1) is 0 Å². The van der Waals surface area contributed by atoms with Crippen molar-refractivity contribution < 1.29 is 4.21 Å². The molecule has 0 aromatic carbocycles. The van der Waals surface area contributed by atoms with Crippen molar-refractivity contribution >= 4 is 10.8 Å². The number of hydrogen-bond acceptors (Lipinski definition) is 1. The van der Waals surface area contributed by atoms with Crippen LogP contribution in [-0.2, 0) is 17.3 Å². The van der Waals surface area contributed by atoms with Gasteiger partial charge in [0.1, 0.15) is 0 Å². The normalized spacial score (nSPS) is 13.2. The molecular weight excluding hydrogens is 182 g/mol. The van der Waals surface area contributed by atoms with Crippen LogP contribution >= 0.6 is 0 Å². The van der Waals surface area contributed by atoms with E-state index in [0.717, 1.165) is 12.3 Å². The molecule has 1 aromatic rings. The number of aromatic nitrogens is 1. The van der Waals surface area contributed by atoms with E-state index in [4.69, 9.17) is 0 Å². The number of rotatable bonds is 3. The molecule has 0 radical (unpaired) electrons. The Morgan fingerprint density at radius 3 is 2.38 bits per heavy atom. The van der Waals surface area contributed by atoms with Crippen molar-refractivity contribution in [3.05, 3.63) is 23.0 Å². The Morgan fingerprint density at radius 2 is 2.00 bits per heavy atom. The molecule has 0 aliphatic rings. The molecule has 3 heteroatoms. The van der Waals surface area contributed by atoms with Gasteiger partial charge in [0, 0.05) is 41.2 Å². The molecule has 1 rings (SSSR count). The average Bonchev–Trinajstić information content (AvgIpc) is 2.29. The van der Waals surface area contributed by atoms with Crippen molar-refractivity contribution in [2.24, 2.45) is 0 Å². The van der Waals surface area contributed by atoms with Gasteiger partial charge in [-0.25, -0.2) is 0 Å². The molecule has 1 heterocycles. The monoisotopic (exact) mass is 199 g/mol. The topological polar surface area (TPSA) is 22.0 Å². The Hall–Kier alpha value is -0.570. The third-order valence-corrected chi connectivity index (χ3v) is 3.29. The molecular formula is C10H17NOS. The van der Waals surface area contributed by atoms with Crippen molar-refractivity contribution in [3.8, 4) is 0 Å². The van der Waals surface area contributed by atoms with Crippen molar-refractivity contribution in [2.75, 3.05) is 12.0 Å². The van der Waals surface area contributed by atoms with Crippen molar-refractivity contribution in [2.45, 2.75) is 27.3 Å². The highest BCUT2D eigenvalue weighted by Gasteiger charge is 2.04. The smallest absolute Gasteiger partial charge is 0.0411 e. The van der Waals surface area contributed by atoms with Gasteiger partial charge in [-0.2, -0.15) is 0 Å². The van der Waals surface area contributed by atoms with Gasteiger partial charge < -0.3 is 4.57 Å². The van der Waals surface area contributed by atoms with Gasteiger partial charge in [-0.3, -0.25) is 4.21 Å². The summed E-state index contributed by atoms with van der Waals surface area (Å²) in [4.78, 5) is 0. The van der Waals surface area contributed by atoms with E-state index in [0.29, 0.717) is 0 Å². The molecule has 2 nitrogen and oxygen atoms in total. The first-order valence-electron chi connectivity index (χ1n) is 4.45. The Morgan fingerprint density at radius 1 is 1.38 bits per heavy atom. The second-order valence-electron chi connectivity index (χ2n) is 3.49. The van der Waals surface area contributed by atoms with E-state index < -0.39 is 10.8 Å². The summed E-state index contributed by atoms with van der Waals surface area (Å²) < 4.78 is 13.1. The van der Waals surface area contributed by atoms with Crippen LogP contribution in [0, 0.1) is 20.8 Å². The van der Waals surface area contributed by atoms with Gasteiger partial charge in [0.15, 0.2) is 0 Å². The molecule has 0 aliphatic heterocycles. The molecule has 0 aliphatic carbocycles. The average molecular weight is 199 g/mol. The predicted molar refractivity (Wildman–Crippen MR) is 57.6 cm³/mol. The molecule has 13 heavy (non-hydrogen) atoms. The maximum Gasteiger partial charge on any atom is 0.0411 e. The molecule has 74 valence electrons. The standard InChI is InChI=1S/C10H17NOS/c1-8-7-11(5-6-13(4)12)10(3)9(8)2/h7H,5-6H2,1-4H3. The molecule has 0 saturated carbocycles. The van der Waals surface area contributed by atoms with E-state index in [9.17, 15) is 4.21 Å². The van der Waals surface area contributed by atoms with Crippen molar-refractivity contribution in [3.63, 3.8) is 0 Å². The van der Waals surface area contributed by atoms with E-state index in [2.05, 4.69) is 31.5 Å². The zero-order valence-corrected chi connectivity index (χ0v) is 9.57. The third kappa shape index (κ3) is 2.44. The van der Waals surface area contributed by atoms with Gasteiger partial charge in [0.25, 0.3) is 0 Å². The number of aryl methyl sites for hydroxylation is 2. The summed E-state index contributed by atoms with van der Waals surface area (Å²) in [7, 11) is -0.693. The van der Waals surface area contributed by atoms with E-state index in [1.54, 1.807) is 6.26 Å². The van der Waals surface area contributed by atoms with Gasteiger partial charge in [-0.1, -0.05) is 0 Å². The van der Waals surface area contributed by atoms with Gasteiger partial charge in [0.05, 0.1) is 0 Å². The minimum Gasteiger partial charge on any atom is -0.350 e. The summed E-state index contributed by atoms with van der Waals surface area (Å²) in [5.74, 6) is 0.744. The Balaban J connectivity index is 2.78. The predicted octanol–water partition coefficient (Wildman–Crippen LogP) is 1.79. The Kier molecular flexibility index (Phi) is 3.31. The summed E-state index contributed by atoms with van der Waals surface area (Å²) in [6, 6.07) is 0. The van der Waals surface area contributed by atoms with Gasteiger partial charge >= 0.3 is 0 Å². The molecule has 0 spiro atoms. The highest BCUT2D eigenvalue weighted by molar-refractivity contribution is 7.84. The second kappa shape index (κ2) is 4.09. The minimum absolute atomic E-state index is 0.693. The number of nitrogens with zero attached hydrogens (tertiary/aromatic N) is 1. The summed E-state index contributed by atoms with van der Waals surface area (Å²) in [6.07, 6.45) is 3.88. The minimum atomic E-state index is -0.693. The zero-order valence-electron chi connectivity index (χ0n) is 8.76. The summed E-state index contributed by atoms with van der Waals surface area (Å²) >= 11 is 0. The molecule has 1 aromatic heterocycles. The van der Waals surface area contributed by atoms with Crippen LogP contribution in [0.1, 0.15) is 16.8 Å². The number of hydrogen-bond donors (Lipinski definition) is 0. The largest absolute Gasteiger partial charge is 0.350 e. The lowest BCUT2D eigenvalue weighted by atomic mass is 10.2. The maximum atomic E-state index is 10.9. The quantitative estimate of drug-likeness (QED) is 0.727. The van der Waals surface area contributed by atoms with Crippen molar-refractivity contribution in [1.29, 1.82) is 0 Å². The van der Waals surface area contributed by atoms with Crippen LogP contribution < -0.4 is 0 Å². The molecule has 0 saturated heterocycles. The lowest BCUT2D eigenvalue weighted by molar-refractivity contribution is 0.675. The van der Waals surface area contributed by atoms with Crippen LogP contribution in [0.3, 0.4) is 0 Å². The van der Waals surface area contributed by atoms with Crippen molar-refractivity contribution in [1.82, 2.24) is 4.57 Å². The molecule has 0 bridgehead atoms. The fraction of sp³-hybridized carbons (Fsp3) is 0.600. The Bertz CT molecular complexity index is 328. The first-order chi connectivity index (χ1) is 6.02. The SMILES string of the molecule is Cc1cn(CCS(C)=O)c(C)c1C. The van der Waals surface area contributed by atoms with Crippen LogP contribution in [0.4, 0.5) is 0 Å². The highest BCUT2D eigenvalue weighted by Crippen LogP contribution is 2.14. The first kappa shape index (κ1) is 10.5. The third-order valence-electron chi connectivity index (χ3n) is 2.53. The maximum absolute atomic E-state index is 10.9. The molecule has 0 N–H and O–H groups in total. The summed E-state index contributed by atoms with van der Waals surface area (Å²) in [6.45, 7) is 7.22. The van der Waals surface area contributed by atoms with Crippen LogP contribution in [0.2, 0.25) is 0 Å². The van der Waals surface area contributed by atoms with E-state index >= 15 is 0 Å². The van der Waals surface area contributed by atoms with Crippen LogP contribution in [0.25, 0.3) is 0 Å². The summed E-state index contributed by atoms with van der Waals surface area (Å²) in [5, 5.41) is 0. The lowest BCUT2D eigenvalue weighted by Gasteiger charge is -2.04. The van der Waals surface area contributed by atoms with E-state index in [1.807, 2.05) is 0 Å². The molecule has 0 fully saturated rings. The zero-order chi connectivity index (χ0) is 10.0. The van der Waals surface area contributed by atoms with E-state index in [-0.39, 0.29) is 0 Å². The van der Waals surface area contributed by atoms with E-state index in [1.165, 1.54) is 16.8 Å². The van der Waals surface area contributed by atoms with Crippen LogP contribution in [0.5, 0.6) is 0 Å². The first-order valence-corrected chi connectivity index (χ1v) is 6.18. The summed E-state index contributed by atoms with van der Waals surface area (Å²) in [5.41, 5.74) is 3.96. The highest BCUT2D eigenvalue weighted by atomic mass is 32.2. The van der Waals surface area contributed by atoms with Gasteiger partial charge in [-0.05, 0) is 31.9 Å². The van der Waals surface area contributed by atoms with Crippen LogP contribution in [0.15, 0.2) is 6.20 Å². The lowest BCUT2D eigenvalue weighted by Crippen LogP contribution is -2.06. The second-order valence-corrected chi connectivity index (χ2v) is 5.05. The molecule has 1 atom stereocenters. The molecule has 1 unspecified atom stereocenters.